The summed E-state index contributed by atoms with van der Waals surface area (Å²) in [6.07, 6.45) is 0. The number of ether oxygens (including phenoxy) is 1. The third-order valence-corrected chi connectivity index (χ3v) is 3.29. The Labute approximate surface area is 131 Å². The highest BCUT2D eigenvalue weighted by Crippen LogP contribution is 2.26. The number of hydrogen-bond donors (Lipinski definition) is 0. The molecule has 2 aromatic carbocycles. The Morgan fingerprint density at radius 2 is 1.86 bits per heavy atom. The molecule has 0 unspecified atom stereocenters. The molecule has 0 N–H and O–H groups in total. The number of hydrogen-bond acceptors (Lipinski definition) is 4. The number of halogens is 2. The van der Waals surface area contributed by atoms with Crippen molar-refractivity contribution in [2.75, 3.05) is 0 Å². The molecule has 1 heterocycles. The Hall–Kier alpha value is -2.04. The van der Waals surface area contributed by atoms with Crippen LogP contribution in [0.2, 0.25) is 10.0 Å². The first kappa shape index (κ1) is 13.9. The van der Waals surface area contributed by atoms with E-state index < -0.39 is 0 Å². The topological polar surface area (TPSA) is 48.2 Å². The fourth-order valence-electron chi connectivity index (χ4n) is 1.76. The molecule has 3 aromatic rings. The van der Waals surface area contributed by atoms with Crippen LogP contribution >= 0.6 is 23.2 Å². The van der Waals surface area contributed by atoms with E-state index in [0.29, 0.717) is 33.1 Å². The Balaban J connectivity index is 1.72. The van der Waals surface area contributed by atoms with Gasteiger partial charge in [-0.2, -0.15) is 0 Å². The molecule has 3 rings (SSSR count). The lowest BCUT2D eigenvalue weighted by Crippen LogP contribution is -1.95. The molecule has 0 radical (unpaired) electrons. The predicted molar refractivity (Wildman–Crippen MR) is 80.5 cm³/mol. The fraction of sp³-hybridized carbons (Fsp3) is 0.0667. The van der Waals surface area contributed by atoms with Crippen molar-refractivity contribution in [3.63, 3.8) is 0 Å². The second-order valence-corrected chi connectivity index (χ2v) is 5.07. The monoisotopic (exact) mass is 320 g/mol. The SMILES string of the molecule is Clc1cccc(OCc2nnc(-c3ccccc3Cl)o2)c1. The summed E-state index contributed by atoms with van der Waals surface area (Å²) in [6, 6.07) is 14.4. The normalized spacial score (nSPS) is 10.6. The van der Waals surface area contributed by atoms with Gasteiger partial charge in [0.1, 0.15) is 5.75 Å². The van der Waals surface area contributed by atoms with Crippen LogP contribution in [-0.2, 0) is 6.61 Å². The average Bonchev–Trinajstić information content (AvgIpc) is 2.94. The summed E-state index contributed by atoms with van der Waals surface area (Å²) >= 11 is 12.0. The van der Waals surface area contributed by atoms with E-state index >= 15 is 0 Å². The van der Waals surface area contributed by atoms with Crippen molar-refractivity contribution in [2.24, 2.45) is 0 Å². The van der Waals surface area contributed by atoms with Crippen molar-refractivity contribution in [1.29, 1.82) is 0 Å². The summed E-state index contributed by atoms with van der Waals surface area (Å²) in [7, 11) is 0. The van der Waals surface area contributed by atoms with E-state index in [1.165, 1.54) is 0 Å². The molecule has 0 aliphatic heterocycles. The highest BCUT2D eigenvalue weighted by molar-refractivity contribution is 6.33. The van der Waals surface area contributed by atoms with Crippen LogP contribution in [0.3, 0.4) is 0 Å². The summed E-state index contributed by atoms with van der Waals surface area (Å²) in [4.78, 5) is 0. The maximum absolute atomic E-state index is 6.08. The van der Waals surface area contributed by atoms with Crippen LogP contribution in [0.4, 0.5) is 0 Å². The molecule has 0 aliphatic carbocycles. The molecule has 0 saturated heterocycles. The van der Waals surface area contributed by atoms with Gasteiger partial charge >= 0.3 is 0 Å². The molecule has 1 aromatic heterocycles. The molecule has 4 nitrogen and oxygen atoms in total. The lowest BCUT2D eigenvalue weighted by molar-refractivity contribution is 0.264. The molecule has 0 atom stereocenters. The van der Waals surface area contributed by atoms with Crippen molar-refractivity contribution in [2.45, 2.75) is 6.61 Å². The van der Waals surface area contributed by atoms with Crippen LogP contribution in [0.5, 0.6) is 5.75 Å². The van der Waals surface area contributed by atoms with Gasteiger partial charge in [-0.25, -0.2) is 0 Å². The number of benzene rings is 2. The minimum absolute atomic E-state index is 0.164. The molecule has 6 heteroatoms. The zero-order valence-electron chi connectivity index (χ0n) is 10.8. The molecular formula is C15H10Cl2N2O2. The predicted octanol–water partition coefficient (Wildman–Crippen LogP) is 4.62. The Morgan fingerprint density at radius 3 is 2.67 bits per heavy atom. The standard InChI is InChI=1S/C15H10Cl2N2O2/c16-10-4-3-5-11(8-10)20-9-14-18-19-15(21-14)12-6-1-2-7-13(12)17/h1-8H,9H2. The summed E-state index contributed by atoms with van der Waals surface area (Å²) < 4.78 is 11.1. The summed E-state index contributed by atoms with van der Waals surface area (Å²) in [6.45, 7) is 0.164. The molecule has 0 spiro atoms. The van der Waals surface area contributed by atoms with Gasteiger partial charge in [-0.3, -0.25) is 0 Å². The number of aromatic nitrogens is 2. The van der Waals surface area contributed by atoms with Gasteiger partial charge in [0, 0.05) is 5.02 Å². The van der Waals surface area contributed by atoms with E-state index in [0.717, 1.165) is 0 Å². The van der Waals surface area contributed by atoms with Crippen LogP contribution in [0.25, 0.3) is 11.5 Å². The Bertz CT molecular complexity index is 759. The largest absolute Gasteiger partial charge is 0.484 e. The maximum atomic E-state index is 6.08. The fourth-order valence-corrected chi connectivity index (χ4v) is 2.15. The van der Waals surface area contributed by atoms with Gasteiger partial charge in [-0.05, 0) is 30.3 Å². The van der Waals surface area contributed by atoms with Gasteiger partial charge < -0.3 is 9.15 Å². The molecule has 21 heavy (non-hydrogen) atoms. The molecule has 0 fully saturated rings. The van der Waals surface area contributed by atoms with E-state index in [2.05, 4.69) is 10.2 Å². The van der Waals surface area contributed by atoms with E-state index in [1.807, 2.05) is 18.2 Å². The van der Waals surface area contributed by atoms with Crippen LogP contribution in [-0.4, -0.2) is 10.2 Å². The first-order valence-corrected chi connectivity index (χ1v) is 6.93. The lowest BCUT2D eigenvalue weighted by Gasteiger charge is -2.02. The summed E-state index contributed by atoms with van der Waals surface area (Å²) in [5.74, 6) is 1.37. The first-order chi connectivity index (χ1) is 10.2. The van der Waals surface area contributed by atoms with Gasteiger partial charge in [0.25, 0.3) is 5.89 Å². The minimum Gasteiger partial charge on any atom is -0.484 e. The maximum Gasteiger partial charge on any atom is 0.254 e. The highest BCUT2D eigenvalue weighted by Gasteiger charge is 2.11. The zero-order chi connectivity index (χ0) is 14.7. The van der Waals surface area contributed by atoms with E-state index in [9.17, 15) is 0 Å². The molecule has 0 aliphatic rings. The first-order valence-electron chi connectivity index (χ1n) is 6.18. The van der Waals surface area contributed by atoms with Crippen molar-refractivity contribution in [1.82, 2.24) is 10.2 Å². The quantitative estimate of drug-likeness (QED) is 0.703. The molecule has 106 valence electrons. The van der Waals surface area contributed by atoms with E-state index in [4.69, 9.17) is 32.4 Å². The van der Waals surface area contributed by atoms with E-state index in [-0.39, 0.29) is 6.61 Å². The van der Waals surface area contributed by atoms with Gasteiger partial charge in [0.05, 0.1) is 10.6 Å². The second-order valence-electron chi connectivity index (χ2n) is 4.23. The third kappa shape index (κ3) is 3.35. The summed E-state index contributed by atoms with van der Waals surface area (Å²) in [5, 5.41) is 9.07. The van der Waals surface area contributed by atoms with Crippen LogP contribution in [0.15, 0.2) is 52.9 Å². The average molecular weight is 321 g/mol. The molecule has 0 bridgehead atoms. The smallest absolute Gasteiger partial charge is 0.254 e. The van der Waals surface area contributed by atoms with Crippen LogP contribution in [0, 0.1) is 0 Å². The molecule has 0 amide bonds. The van der Waals surface area contributed by atoms with Crippen molar-refractivity contribution < 1.29 is 9.15 Å². The summed E-state index contributed by atoms with van der Waals surface area (Å²) in [5.41, 5.74) is 0.695. The van der Waals surface area contributed by atoms with Gasteiger partial charge in [0.2, 0.25) is 5.89 Å². The zero-order valence-corrected chi connectivity index (χ0v) is 12.3. The highest BCUT2D eigenvalue weighted by atomic mass is 35.5. The van der Waals surface area contributed by atoms with Crippen LogP contribution in [0.1, 0.15) is 5.89 Å². The number of nitrogens with zero attached hydrogens (tertiary/aromatic N) is 2. The Morgan fingerprint density at radius 1 is 1.00 bits per heavy atom. The van der Waals surface area contributed by atoms with Gasteiger partial charge in [0.15, 0.2) is 6.61 Å². The van der Waals surface area contributed by atoms with Crippen molar-refractivity contribution in [3.8, 4) is 17.2 Å². The Kier molecular flexibility index (Phi) is 4.08. The second kappa shape index (κ2) is 6.16. The van der Waals surface area contributed by atoms with Crippen molar-refractivity contribution >= 4 is 23.2 Å². The molecular weight excluding hydrogens is 311 g/mol. The minimum atomic E-state index is 0.164. The van der Waals surface area contributed by atoms with Gasteiger partial charge in [-0.15, -0.1) is 10.2 Å². The third-order valence-electron chi connectivity index (χ3n) is 2.73. The van der Waals surface area contributed by atoms with E-state index in [1.54, 1.807) is 30.3 Å². The number of rotatable bonds is 4. The molecule has 0 saturated carbocycles. The van der Waals surface area contributed by atoms with Crippen molar-refractivity contribution in [3.05, 3.63) is 64.5 Å². The van der Waals surface area contributed by atoms with Gasteiger partial charge in [-0.1, -0.05) is 41.4 Å². The van der Waals surface area contributed by atoms with Crippen LogP contribution < -0.4 is 4.74 Å². The lowest BCUT2D eigenvalue weighted by atomic mass is 10.2.